The van der Waals surface area contributed by atoms with Crippen LogP contribution in [0, 0.1) is 16.7 Å². The first-order chi connectivity index (χ1) is 7.53. The molecule has 1 fully saturated rings. The van der Waals surface area contributed by atoms with Gasteiger partial charge in [-0.15, -0.1) is 0 Å². The maximum absolute atomic E-state index is 10.7. The summed E-state index contributed by atoms with van der Waals surface area (Å²) in [5, 5.41) is 20.0. The van der Waals surface area contributed by atoms with Gasteiger partial charge in [0.2, 0.25) is 0 Å². The number of benzene rings is 1. The maximum Gasteiger partial charge on any atom is 0.106 e. The summed E-state index contributed by atoms with van der Waals surface area (Å²) < 4.78 is 0.863. The Morgan fingerprint density at radius 1 is 1.44 bits per heavy atom. The van der Waals surface area contributed by atoms with Crippen LogP contribution in [-0.2, 0) is 5.60 Å². The summed E-state index contributed by atoms with van der Waals surface area (Å²) in [6.45, 7) is 1.75. The van der Waals surface area contributed by atoms with Gasteiger partial charge in [-0.3, -0.25) is 0 Å². The molecule has 1 aromatic carbocycles. The molecule has 1 atom stereocenters. The highest BCUT2D eigenvalue weighted by Crippen LogP contribution is 2.54. The van der Waals surface area contributed by atoms with Gasteiger partial charge < -0.3 is 5.11 Å². The predicted octanol–water partition coefficient (Wildman–Crippen LogP) is 3.35. The van der Waals surface area contributed by atoms with Crippen molar-refractivity contribution in [1.29, 1.82) is 5.26 Å². The Morgan fingerprint density at radius 2 is 2.06 bits per heavy atom. The molecule has 0 aromatic heterocycles. The fourth-order valence-electron chi connectivity index (χ4n) is 2.35. The minimum Gasteiger partial charge on any atom is -0.384 e. The van der Waals surface area contributed by atoms with Crippen LogP contribution in [-0.4, -0.2) is 5.11 Å². The first-order valence-corrected chi connectivity index (χ1v) is 6.21. The average molecular weight is 280 g/mol. The fraction of sp³-hybridized carbons (Fsp3) is 0.462. The van der Waals surface area contributed by atoms with Gasteiger partial charge in [-0.05, 0) is 31.4 Å². The summed E-state index contributed by atoms with van der Waals surface area (Å²) in [4.78, 5) is 0. The summed E-state index contributed by atoms with van der Waals surface area (Å²) in [6.07, 6.45) is 2.57. The van der Waals surface area contributed by atoms with E-state index in [1.165, 1.54) is 0 Å². The molecule has 0 amide bonds. The Labute approximate surface area is 104 Å². The third-order valence-electron chi connectivity index (χ3n) is 3.75. The molecular formula is C13H14BrNO. The lowest BCUT2D eigenvalue weighted by Crippen LogP contribution is -2.47. The van der Waals surface area contributed by atoms with E-state index in [2.05, 4.69) is 22.0 Å². The Hall–Kier alpha value is -0.850. The first-order valence-electron chi connectivity index (χ1n) is 5.42. The number of aliphatic hydroxyl groups is 1. The molecule has 1 N–H and O–H groups in total. The van der Waals surface area contributed by atoms with Crippen molar-refractivity contribution in [3.63, 3.8) is 0 Å². The maximum atomic E-state index is 10.7. The van der Waals surface area contributed by atoms with Crippen molar-refractivity contribution in [2.24, 2.45) is 5.41 Å². The van der Waals surface area contributed by atoms with Crippen molar-refractivity contribution in [3.8, 4) is 6.07 Å². The van der Waals surface area contributed by atoms with E-state index < -0.39 is 11.0 Å². The Kier molecular flexibility index (Phi) is 2.81. The minimum absolute atomic E-state index is 0.614. The van der Waals surface area contributed by atoms with Gasteiger partial charge in [-0.2, -0.15) is 5.26 Å². The van der Waals surface area contributed by atoms with Gasteiger partial charge in [-0.25, -0.2) is 0 Å². The largest absolute Gasteiger partial charge is 0.384 e. The number of hydrogen-bond acceptors (Lipinski definition) is 2. The molecule has 1 aromatic rings. The number of rotatable bonds is 2. The number of nitrogens with zero attached hydrogens (tertiary/aromatic N) is 1. The van der Waals surface area contributed by atoms with Crippen LogP contribution in [0.25, 0.3) is 0 Å². The molecule has 1 unspecified atom stereocenters. The fourth-order valence-corrected chi connectivity index (χ4v) is 3.02. The molecule has 2 nitrogen and oxygen atoms in total. The van der Waals surface area contributed by atoms with E-state index in [9.17, 15) is 10.4 Å². The topological polar surface area (TPSA) is 44.0 Å². The zero-order valence-electron chi connectivity index (χ0n) is 9.20. The second-order valence-corrected chi connectivity index (χ2v) is 5.45. The number of hydrogen-bond donors (Lipinski definition) is 1. The van der Waals surface area contributed by atoms with Gasteiger partial charge >= 0.3 is 0 Å². The molecule has 84 valence electrons. The quantitative estimate of drug-likeness (QED) is 0.902. The van der Waals surface area contributed by atoms with Gasteiger partial charge in [0.05, 0.1) is 11.5 Å². The van der Waals surface area contributed by atoms with Crippen molar-refractivity contribution in [2.75, 3.05) is 0 Å². The zero-order valence-corrected chi connectivity index (χ0v) is 10.8. The van der Waals surface area contributed by atoms with Crippen molar-refractivity contribution in [2.45, 2.75) is 31.8 Å². The van der Waals surface area contributed by atoms with Crippen LogP contribution in [0.1, 0.15) is 31.7 Å². The Morgan fingerprint density at radius 3 is 2.50 bits per heavy atom. The van der Waals surface area contributed by atoms with Crippen LogP contribution >= 0.6 is 15.9 Å². The lowest BCUT2D eigenvalue weighted by molar-refractivity contribution is -0.0863. The Balaban J connectivity index is 2.47. The molecule has 1 saturated carbocycles. The second kappa shape index (κ2) is 3.87. The van der Waals surface area contributed by atoms with E-state index in [1.54, 1.807) is 6.92 Å². The van der Waals surface area contributed by atoms with Gasteiger partial charge in [0.15, 0.2) is 0 Å². The zero-order chi connectivity index (χ0) is 11.8. The van der Waals surface area contributed by atoms with E-state index in [-0.39, 0.29) is 0 Å². The molecule has 1 aliphatic rings. The summed E-state index contributed by atoms with van der Waals surface area (Å²) in [5.41, 5.74) is -0.895. The first kappa shape index (κ1) is 11.6. The monoisotopic (exact) mass is 279 g/mol. The van der Waals surface area contributed by atoms with Gasteiger partial charge in [-0.1, -0.05) is 40.5 Å². The lowest BCUT2D eigenvalue weighted by Gasteiger charge is -2.47. The van der Waals surface area contributed by atoms with Crippen molar-refractivity contribution >= 4 is 15.9 Å². The van der Waals surface area contributed by atoms with E-state index in [4.69, 9.17) is 0 Å². The average Bonchev–Trinajstić information content (AvgIpc) is 2.16. The third-order valence-corrected chi connectivity index (χ3v) is 4.44. The Bertz CT molecular complexity index is 443. The molecule has 0 spiro atoms. The summed E-state index contributed by atoms with van der Waals surface area (Å²) in [5.74, 6) is 0. The molecule has 16 heavy (non-hydrogen) atoms. The van der Waals surface area contributed by atoms with Crippen LogP contribution in [0.5, 0.6) is 0 Å². The SMILES string of the molecule is CC(O)(c1ccccc1Br)C1(C#N)CCC1. The molecule has 0 aliphatic heterocycles. The standard InChI is InChI=1S/C13H14BrNO/c1-12(16,13(9-15)7-4-8-13)10-5-2-3-6-11(10)14/h2-3,5-6,16H,4,7-8H2,1H3. The van der Waals surface area contributed by atoms with E-state index in [0.29, 0.717) is 0 Å². The normalized spacial score (nSPS) is 21.6. The third kappa shape index (κ3) is 1.49. The highest BCUT2D eigenvalue weighted by molar-refractivity contribution is 9.10. The highest BCUT2D eigenvalue weighted by Gasteiger charge is 2.53. The molecular weight excluding hydrogens is 266 g/mol. The highest BCUT2D eigenvalue weighted by atomic mass is 79.9. The second-order valence-electron chi connectivity index (χ2n) is 4.60. The van der Waals surface area contributed by atoms with Crippen molar-refractivity contribution in [3.05, 3.63) is 34.3 Å². The van der Waals surface area contributed by atoms with Gasteiger partial charge in [0, 0.05) is 4.47 Å². The van der Waals surface area contributed by atoms with Crippen LogP contribution < -0.4 is 0 Å². The summed E-state index contributed by atoms with van der Waals surface area (Å²) >= 11 is 3.44. The summed E-state index contributed by atoms with van der Waals surface area (Å²) in [7, 11) is 0. The molecule has 1 aliphatic carbocycles. The van der Waals surface area contributed by atoms with Crippen LogP contribution in [0.15, 0.2) is 28.7 Å². The van der Waals surface area contributed by atoms with E-state index in [1.807, 2.05) is 24.3 Å². The molecule has 0 radical (unpaired) electrons. The molecule has 0 bridgehead atoms. The van der Waals surface area contributed by atoms with E-state index >= 15 is 0 Å². The van der Waals surface area contributed by atoms with Crippen molar-refractivity contribution < 1.29 is 5.11 Å². The molecule has 3 heteroatoms. The smallest absolute Gasteiger partial charge is 0.106 e. The van der Waals surface area contributed by atoms with Gasteiger partial charge in [0.1, 0.15) is 5.60 Å². The number of halogens is 1. The minimum atomic E-state index is -1.08. The van der Waals surface area contributed by atoms with Crippen LogP contribution in [0.3, 0.4) is 0 Å². The molecule has 0 saturated heterocycles. The predicted molar refractivity (Wildman–Crippen MR) is 65.6 cm³/mol. The molecule has 2 rings (SSSR count). The van der Waals surface area contributed by atoms with E-state index in [0.717, 1.165) is 29.3 Å². The van der Waals surface area contributed by atoms with Crippen molar-refractivity contribution in [1.82, 2.24) is 0 Å². The number of nitriles is 1. The van der Waals surface area contributed by atoms with Gasteiger partial charge in [0.25, 0.3) is 0 Å². The van der Waals surface area contributed by atoms with Crippen LogP contribution in [0.2, 0.25) is 0 Å². The molecule has 0 heterocycles. The lowest BCUT2D eigenvalue weighted by atomic mass is 9.58. The van der Waals surface area contributed by atoms with Crippen LogP contribution in [0.4, 0.5) is 0 Å². The summed E-state index contributed by atoms with van der Waals surface area (Å²) in [6, 6.07) is 9.88.